The highest BCUT2D eigenvalue weighted by atomic mass is 16.5. The van der Waals surface area contributed by atoms with Gasteiger partial charge in [-0.15, -0.1) is 0 Å². The van der Waals surface area contributed by atoms with Crippen molar-refractivity contribution >= 4 is 0 Å². The van der Waals surface area contributed by atoms with Crippen molar-refractivity contribution in [3.05, 3.63) is 0 Å². The predicted molar refractivity (Wildman–Crippen MR) is 72.0 cm³/mol. The third kappa shape index (κ3) is 1.84. The van der Waals surface area contributed by atoms with Gasteiger partial charge in [0.25, 0.3) is 0 Å². The van der Waals surface area contributed by atoms with Gasteiger partial charge in [0.05, 0.1) is 17.8 Å². The summed E-state index contributed by atoms with van der Waals surface area (Å²) in [6, 6.07) is 0. The second kappa shape index (κ2) is 3.96. The molecular weight excluding hydrogens is 212 g/mol. The molecule has 1 heterocycles. The third-order valence-electron chi connectivity index (χ3n) is 6.25. The maximum Gasteiger partial charge on any atom is 0.0993 e. The summed E-state index contributed by atoms with van der Waals surface area (Å²) >= 11 is 0. The van der Waals surface area contributed by atoms with Gasteiger partial charge in [-0.05, 0) is 25.2 Å². The molecule has 2 heteroatoms. The molecule has 1 aliphatic heterocycles. The van der Waals surface area contributed by atoms with Crippen molar-refractivity contribution in [3.8, 4) is 0 Å². The third-order valence-corrected chi connectivity index (χ3v) is 6.25. The second-order valence-corrected chi connectivity index (χ2v) is 7.41. The first-order valence-electron chi connectivity index (χ1n) is 6.76. The zero-order valence-electron chi connectivity index (χ0n) is 12.8. The summed E-state index contributed by atoms with van der Waals surface area (Å²) in [7, 11) is 0. The monoisotopic (exact) mass is 242 g/mol. The lowest BCUT2D eigenvalue weighted by molar-refractivity contribution is -0.206. The molecule has 0 amide bonds. The van der Waals surface area contributed by atoms with Crippen LogP contribution in [0.1, 0.15) is 61.8 Å². The van der Waals surface area contributed by atoms with Crippen LogP contribution < -0.4 is 0 Å². The van der Waals surface area contributed by atoms with Crippen LogP contribution in [-0.2, 0) is 4.74 Å². The van der Waals surface area contributed by atoms with Gasteiger partial charge in [0, 0.05) is 11.8 Å². The summed E-state index contributed by atoms with van der Waals surface area (Å²) in [5, 5.41) is 10.7. The van der Waals surface area contributed by atoms with Crippen LogP contribution in [0.2, 0.25) is 0 Å². The van der Waals surface area contributed by atoms with Crippen molar-refractivity contribution < 1.29 is 9.84 Å². The lowest BCUT2D eigenvalue weighted by Crippen LogP contribution is -2.62. The second-order valence-electron chi connectivity index (χ2n) is 7.41. The van der Waals surface area contributed by atoms with E-state index in [0.29, 0.717) is 12.5 Å². The Labute approximate surface area is 107 Å². The van der Waals surface area contributed by atoms with Crippen LogP contribution in [0.4, 0.5) is 0 Å². The standard InChI is InChI=1S/C15H30O2/c1-11(2)12(3,4)13(5,6)15(8)14(7,16)9-10-17-15/h11,16H,9-10H2,1-8H3. The van der Waals surface area contributed by atoms with Gasteiger partial charge in [0.15, 0.2) is 0 Å². The molecule has 0 aromatic rings. The van der Waals surface area contributed by atoms with Crippen molar-refractivity contribution in [1.82, 2.24) is 0 Å². The molecule has 0 bridgehead atoms. The Kier molecular flexibility index (Phi) is 3.49. The maximum atomic E-state index is 10.7. The van der Waals surface area contributed by atoms with E-state index >= 15 is 0 Å². The smallest absolute Gasteiger partial charge is 0.0993 e. The van der Waals surface area contributed by atoms with Crippen LogP contribution in [0.25, 0.3) is 0 Å². The van der Waals surface area contributed by atoms with Crippen LogP contribution in [0.3, 0.4) is 0 Å². The minimum absolute atomic E-state index is 0.0933. The molecule has 1 saturated heterocycles. The first-order chi connectivity index (χ1) is 7.40. The molecule has 1 N–H and O–H groups in total. The Hall–Kier alpha value is -0.0800. The molecule has 0 radical (unpaired) electrons. The van der Waals surface area contributed by atoms with E-state index in [9.17, 15) is 5.11 Å². The molecule has 1 rings (SSSR count). The number of hydrogen-bond acceptors (Lipinski definition) is 2. The summed E-state index contributed by atoms with van der Waals surface area (Å²) < 4.78 is 6.01. The van der Waals surface area contributed by atoms with Crippen molar-refractivity contribution in [1.29, 1.82) is 0 Å². The molecule has 17 heavy (non-hydrogen) atoms. The molecule has 1 fully saturated rings. The van der Waals surface area contributed by atoms with Crippen molar-refractivity contribution in [2.45, 2.75) is 73.0 Å². The SMILES string of the molecule is CC(C)C(C)(C)C(C)(C)C1(C)OCCC1(C)O. The van der Waals surface area contributed by atoms with Gasteiger partial charge in [-0.25, -0.2) is 0 Å². The fourth-order valence-corrected chi connectivity index (χ4v) is 3.04. The van der Waals surface area contributed by atoms with Crippen LogP contribution in [0.5, 0.6) is 0 Å². The summed E-state index contributed by atoms with van der Waals surface area (Å²) in [4.78, 5) is 0. The molecule has 1 aliphatic rings. The van der Waals surface area contributed by atoms with Crippen molar-refractivity contribution in [3.63, 3.8) is 0 Å². The molecule has 2 nitrogen and oxygen atoms in total. The van der Waals surface area contributed by atoms with Gasteiger partial charge in [0.2, 0.25) is 0 Å². The van der Waals surface area contributed by atoms with Gasteiger partial charge in [0.1, 0.15) is 0 Å². The number of ether oxygens (including phenoxy) is 1. The Morgan fingerprint density at radius 2 is 1.59 bits per heavy atom. The maximum absolute atomic E-state index is 10.7. The average Bonchev–Trinajstić information content (AvgIpc) is 2.42. The van der Waals surface area contributed by atoms with Crippen LogP contribution >= 0.6 is 0 Å². The molecule has 0 aromatic carbocycles. The Balaban J connectivity index is 3.22. The Morgan fingerprint density at radius 1 is 1.12 bits per heavy atom. The Bertz CT molecular complexity index is 289. The van der Waals surface area contributed by atoms with Gasteiger partial charge in [-0.3, -0.25) is 0 Å². The lowest BCUT2D eigenvalue weighted by atomic mass is 9.52. The summed E-state index contributed by atoms with van der Waals surface area (Å²) in [6.07, 6.45) is 0.723. The minimum atomic E-state index is -0.747. The van der Waals surface area contributed by atoms with Crippen molar-refractivity contribution in [2.75, 3.05) is 6.61 Å². The highest BCUT2D eigenvalue weighted by Gasteiger charge is 2.62. The topological polar surface area (TPSA) is 29.5 Å². The molecule has 102 valence electrons. The summed E-state index contributed by atoms with van der Waals surface area (Å²) in [5.41, 5.74) is -1.25. The Morgan fingerprint density at radius 3 is 1.88 bits per heavy atom. The number of hydrogen-bond donors (Lipinski definition) is 1. The first kappa shape index (κ1) is 15.0. The molecule has 0 aromatic heterocycles. The van der Waals surface area contributed by atoms with E-state index < -0.39 is 11.2 Å². The molecule has 0 aliphatic carbocycles. The largest absolute Gasteiger partial charge is 0.387 e. The van der Waals surface area contributed by atoms with E-state index in [2.05, 4.69) is 48.5 Å². The number of aliphatic hydroxyl groups is 1. The van der Waals surface area contributed by atoms with Crippen molar-refractivity contribution in [2.24, 2.45) is 16.7 Å². The van der Waals surface area contributed by atoms with Gasteiger partial charge < -0.3 is 9.84 Å². The van der Waals surface area contributed by atoms with Crippen LogP contribution in [0, 0.1) is 16.7 Å². The van der Waals surface area contributed by atoms with E-state index in [1.807, 2.05) is 6.92 Å². The van der Waals surface area contributed by atoms with Crippen LogP contribution in [-0.4, -0.2) is 22.9 Å². The zero-order chi connectivity index (χ0) is 13.7. The molecule has 0 saturated carbocycles. The first-order valence-corrected chi connectivity index (χ1v) is 6.76. The predicted octanol–water partition coefficient (Wildman–Crippen LogP) is 3.62. The normalized spacial score (nSPS) is 35.6. The average molecular weight is 242 g/mol. The summed E-state index contributed by atoms with van der Waals surface area (Å²) in [6.45, 7) is 18.1. The summed E-state index contributed by atoms with van der Waals surface area (Å²) in [5.74, 6) is 0.536. The fourth-order valence-electron chi connectivity index (χ4n) is 3.04. The fraction of sp³-hybridized carbons (Fsp3) is 1.00. The molecule has 2 atom stereocenters. The van der Waals surface area contributed by atoms with E-state index in [0.717, 1.165) is 6.42 Å². The quantitative estimate of drug-likeness (QED) is 0.819. The molecular formula is C15H30O2. The highest BCUT2D eigenvalue weighted by molar-refractivity contribution is 5.12. The molecule has 2 unspecified atom stereocenters. The molecule has 0 spiro atoms. The van der Waals surface area contributed by atoms with Crippen LogP contribution in [0.15, 0.2) is 0 Å². The van der Waals surface area contributed by atoms with E-state index in [1.54, 1.807) is 0 Å². The highest BCUT2D eigenvalue weighted by Crippen LogP contribution is 2.58. The van der Waals surface area contributed by atoms with Gasteiger partial charge in [-0.1, -0.05) is 41.5 Å². The van der Waals surface area contributed by atoms with E-state index in [4.69, 9.17) is 4.74 Å². The van der Waals surface area contributed by atoms with Gasteiger partial charge >= 0.3 is 0 Å². The van der Waals surface area contributed by atoms with E-state index in [-0.39, 0.29) is 10.8 Å². The number of rotatable bonds is 3. The van der Waals surface area contributed by atoms with E-state index in [1.165, 1.54) is 0 Å². The lowest BCUT2D eigenvalue weighted by Gasteiger charge is -2.57. The van der Waals surface area contributed by atoms with Gasteiger partial charge in [-0.2, -0.15) is 0 Å². The minimum Gasteiger partial charge on any atom is -0.387 e. The zero-order valence-corrected chi connectivity index (χ0v) is 12.8.